The highest BCUT2D eigenvalue weighted by Gasteiger charge is 2.20. The lowest BCUT2D eigenvalue weighted by molar-refractivity contribution is 0.242. The van der Waals surface area contributed by atoms with E-state index in [1.54, 1.807) is 0 Å². The zero-order chi connectivity index (χ0) is 17.8. The standard InChI is InChI=1S/C20H27N5/c1-16(2)12-17-4-5-18(14-21)19(13-17)25-10-8-24(9-11-25)15-20-22-6-7-23(20)3/h4-7,13,16H,8-12,15H2,1-3H3. The van der Waals surface area contributed by atoms with Crippen LogP contribution in [0, 0.1) is 17.2 Å². The van der Waals surface area contributed by atoms with Crippen molar-refractivity contribution in [3.05, 3.63) is 47.5 Å². The zero-order valence-corrected chi connectivity index (χ0v) is 15.4. The van der Waals surface area contributed by atoms with Crippen LogP contribution in [0.1, 0.15) is 30.8 Å². The minimum Gasteiger partial charge on any atom is -0.368 e. The Labute approximate surface area is 150 Å². The molecule has 0 aliphatic carbocycles. The topological polar surface area (TPSA) is 48.1 Å². The monoisotopic (exact) mass is 337 g/mol. The van der Waals surface area contributed by atoms with Gasteiger partial charge in [-0.3, -0.25) is 4.90 Å². The van der Waals surface area contributed by atoms with E-state index in [1.807, 2.05) is 25.5 Å². The van der Waals surface area contributed by atoms with Crippen molar-refractivity contribution in [2.45, 2.75) is 26.8 Å². The SMILES string of the molecule is CC(C)Cc1ccc(C#N)c(N2CCN(Cc3nccn3C)CC2)c1. The number of aryl methyl sites for hydroxylation is 1. The molecular weight excluding hydrogens is 310 g/mol. The Hall–Kier alpha value is -2.32. The fraction of sp³-hybridized carbons (Fsp3) is 0.500. The predicted octanol–water partition coefficient (Wildman–Crippen LogP) is 2.81. The van der Waals surface area contributed by atoms with Crippen LogP contribution in [0.2, 0.25) is 0 Å². The van der Waals surface area contributed by atoms with Crippen LogP contribution >= 0.6 is 0 Å². The first-order valence-electron chi connectivity index (χ1n) is 9.03. The summed E-state index contributed by atoms with van der Waals surface area (Å²) in [7, 11) is 2.04. The molecule has 0 unspecified atom stereocenters. The zero-order valence-electron chi connectivity index (χ0n) is 15.4. The van der Waals surface area contributed by atoms with Crippen LogP contribution in [0.3, 0.4) is 0 Å². The van der Waals surface area contributed by atoms with Crippen LogP contribution in [0.4, 0.5) is 5.69 Å². The van der Waals surface area contributed by atoms with Crippen LogP contribution in [0.15, 0.2) is 30.6 Å². The lowest BCUT2D eigenvalue weighted by atomic mass is 10.00. The number of imidazole rings is 1. The highest BCUT2D eigenvalue weighted by Crippen LogP contribution is 2.25. The third kappa shape index (κ3) is 4.21. The van der Waals surface area contributed by atoms with E-state index in [9.17, 15) is 5.26 Å². The van der Waals surface area contributed by atoms with Gasteiger partial charge in [0.25, 0.3) is 0 Å². The molecule has 1 aromatic heterocycles. The number of aromatic nitrogens is 2. The first-order valence-corrected chi connectivity index (χ1v) is 9.03. The van der Waals surface area contributed by atoms with Crippen molar-refractivity contribution >= 4 is 5.69 Å². The van der Waals surface area contributed by atoms with Gasteiger partial charge in [-0.25, -0.2) is 4.98 Å². The summed E-state index contributed by atoms with van der Waals surface area (Å²) < 4.78 is 2.08. The summed E-state index contributed by atoms with van der Waals surface area (Å²) in [5, 5.41) is 9.48. The van der Waals surface area contributed by atoms with Crippen molar-refractivity contribution in [3.63, 3.8) is 0 Å². The van der Waals surface area contributed by atoms with E-state index in [-0.39, 0.29) is 0 Å². The van der Waals surface area contributed by atoms with Gasteiger partial charge < -0.3 is 9.47 Å². The summed E-state index contributed by atoms with van der Waals surface area (Å²) in [6.45, 7) is 9.23. The van der Waals surface area contributed by atoms with Gasteiger partial charge in [-0.1, -0.05) is 19.9 Å². The van der Waals surface area contributed by atoms with E-state index < -0.39 is 0 Å². The maximum absolute atomic E-state index is 9.48. The van der Waals surface area contributed by atoms with Crippen LogP contribution in [-0.2, 0) is 20.0 Å². The molecule has 25 heavy (non-hydrogen) atoms. The maximum atomic E-state index is 9.48. The highest BCUT2D eigenvalue weighted by atomic mass is 15.3. The van der Waals surface area contributed by atoms with Gasteiger partial charge in [0.05, 0.1) is 17.8 Å². The van der Waals surface area contributed by atoms with Crippen molar-refractivity contribution in [2.75, 3.05) is 31.1 Å². The van der Waals surface area contributed by atoms with Crippen molar-refractivity contribution in [1.29, 1.82) is 5.26 Å². The van der Waals surface area contributed by atoms with Crippen LogP contribution < -0.4 is 4.90 Å². The molecule has 0 N–H and O–H groups in total. The molecule has 2 heterocycles. The molecule has 0 bridgehead atoms. The molecule has 1 fully saturated rings. The van der Waals surface area contributed by atoms with E-state index in [0.29, 0.717) is 5.92 Å². The number of piperazine rings is 1. The third-order valence-corrected chi connectivity index (χ3v) is 4.83. The molecule has 1 saturated heterocycles. The van der Waals surface area contributed by atoms with E-state index in [0.717, 1.165) is 56.2 Å². The second kappa shape index (κ2) is 7.71. The average molecular weight is 337 g/mol. The summed E-state index contributed by atoms with van der Waals surface area (Å²) in [5.74, 6) is 1.72. The van der Waals surface area contributed by atoms with E-state index in [1.165, 1.54) is 5.56 Å². The second-order valence-corrected chi connectivity index (χ2v) is 7.28. The molecule has 1 aromatic carbocycles. The first-order chi connectivity index (χ1) is 12.1. The van der Waals surface area contributed by atoms with Gasteiger partial charge in [-0.05, 0) is 30.0 Å². The van der Waals surface area contributed by atoms with E-state index in [2.05, 4.69) is 51.4 Å². The quantitative estimate of drug-likeness (QED) is 0.842. The second-order valence-electron chi connectivity index (χ2n) is 7.28. The van der Waals surface area contributed by atoms with Gasteiger partial charge in [0.1, 0.15) is 11.9 Å². The molecule has 0 atom stereocenters. The minimum atomic E-state index is 0.621. The summed E-state index contributed by atoms with van der Waals surface area (Å²) in [5.41, 5.74) is 3.20. The Balaban J connectivity index is 1.67. The highest BCUT2D eigenvalue weighted by molar-refractivity contribution is 5.61. The molecule has 0 saturated carbocycles. The molecule has 5 nitrogen and oxygen atoms in total. The maximum Gasteiger partial charge on any atom is 0.122 e. The molecule has 1 aliphatic heterocycles. The third-order valence-electron chi connectivity index (χ3n) is 4.83. The number of anilines is 1. The molecule has 0 radical (unpaired) electrons. The number of hydrogen-bond acceptors (Lipinski definition) is 4. The Morgan fingerprint density at radius 3 is 2.56 bits per heavy atom. The van der Waals surface area contributed by atoms with E-state index >= 15 is 0 Å². The number of benzene rings is 1. The van der Waals surface area contributed by atoms with Crippen molar-refractivity contribution < 1.29 is 0 Å². The van der Waals surface area contributed by atoms with Gasteiger partial charge in [0, 0.05) is 45.6 Å². The minimum absolute atomic E-state index is 0.621. The largest absolute Gasteiger partial charge is 0.368 e. The fourth-order valence-electron chi connectivity index (χ4n) is 3.43. The Morgan fingerprint density at radius 1 is 1.20 bits per heavy atom. The number of hydrogen-bond donors (Lipinski definition) is 0. The first kappa shape index (κ1) is 17.5. The summed E-state index contributed by atoms with van der Waals surface area (Å²) in [4.78, 5) is 9.21. The number of rotatable bonds is 5. The number of nitriles is 1. The molecule has 3 rings (SSSR count). The lowest BCUT2D eigenvalue weighted by Gasteiger charge is -2.36. The smallest absolute Gasteiger partial charge is 0.122 e. The Morgan fingerprint density at radius 2 is 1.96 bits per heavy atom. The van der Waals surface area contributed by atoms with E-state index in [4.69, 9.17) is 0 Å². The Kier molecular flexibility index (Phi) is 5.40. The lowest BCUT2D eigenvalue weighted by Crippen LogP contribution is -2.46. The fourth-order valence-corrected chi connectivity index (χ4v) is 3.43. The molecule has 0 spiro atoms. The summed E-state index contributed by atoms with van der Waals surface area (Å²) >= 11 is 0. The van der Waals surface area contributed by atoms with Gasteiger partial charge in [-0.15, -0.1) is 0 Å². The van der Waals surface area contributed by atoms with Crippen molar-refractivity contribution in [3.8, 4) is 6.07 Å². The molecule has 0 amide bonds. The molecular formula is C20H27N5. The predicted molar refractivity (Wildman–Crippen MR) is 100 cm³/mol. The Bertz CT molecular complexity index is 748. The molecule has 5 heteroatoms. The van der Waals surface area contributed by atoms with Gasteiger partial charge in [0.15, 0.2) is 0 Å². The van der Waals surface area contributed by atoms with Crippen LogP contribution in [0.25, 0.3) is 0 Å². The van der Waals surface area contributed by atoms with Gasteiger partial charge >= 0.3 is 0 Å². The van der Waals surface area contributed by atoms with Crippen molar-refractivity contribution in [1.82, 2.24) is 14.5 Å². The average Bonchev–Trinajstić information content (AvgIpc) is 3.00. The molecule has 2 aromatic rings. The molecule has 1 aliphatic rings. The van der Waals surface area contributed by atoms with Gasteiger partial charge in [0.2, 0.25) is 0 Å². The van der Waals surface area contributed by atoms with Crippen LogP contribution in [0.5, 0.6) is 0 Å². The van der Waals surface area contributed by atoms with Gasteiger partial charge in [-0.2, -0.15) is 5.26 Å². The normalized spacial score (nSPS) is 15.6. The molecule has 132 valence electrons. The summed E-state index contributed by atoms with van der Waals surface area (Å²) in [6.07, 6.45) is 4.90. The van der Waals surface area contributed by atoms with Crippen molar-refractivity contribution in [2.24, 2.45) is 13.0 Å². The number of nitrogens with zero attached hydrogens (tertiary/aromatic N) is 5. The summed E-state index contributed by atoms with van der Waals surface area (Å²) in [6, 6.07) is 8.65. The van der Waals surface area contributed by atoms with Crippen LogP contribution in [-0.4, -0.2) is 40.6 Å².